The standard InChI is InChI=1S/C20H24N2O2/c1-15(20(23)22-16-7-5-6-8-16)21-17-11-13-19(14-12-17)24-18-9-3-2-4-10-18/h2-4,9-16,21H,5-8H2,1H3,(H,22,23)/t15-/m1/s1. The molecule has 1 aliphatic rings. The number of carbonyl (C=O) groups excluding carboxylic acids is 1. The third-order valence-electron chi connectivity index (χ3n) is 4.31. The third kappa shape index (κ3) is 4.51. The van der Waals surface area contributed by atoms with Crippen molar-refractivity contribution in [1.82, 2.24) is 5.32 Å². The molecule has 3 rings (SSSR count). The Morgan fingerprint density at radius 1 is 1.00 bits per heavy atom. The Hall–Kier alpha value is -2.49. The summed E-state index contributed by atoms with van der Waals surface area (Å²) >= 11 is 0. The molecule has 2 aromatic rings. The molecule has 0 bridgehead atoms. The van der Waals surface area contributed by atoms with Gasteiger partial charge < -0.3 is 15.4 Å². The van der Waals surface area contributed by atoms with Gasteiger partial charge in [0.2, 0.25) is 5.91 Å². The van der Waals surface area contributed by atoms with Crippen LogP contribution in [0.4, 0.5) is 5.69 Å². The summed E-state index contributed by atoms with van der Waals surface area (Å²) in [6.07, 6.45) is 4.64. The maximum absolute atomic E-state index is 12.2. The van der Waals surface area contributed by atoms with E-state index in [-0.39, 0.29) is 11.9 Å². The van der Waals surface area contributed by atoms with Gasteiger partial charge >= 0.3 is 0 Å². The van der Waals surface area contributed by atoms with Crippen molar-refractivity contribution in [2.45, 2.75) is 44.7 Å². The zero-order chi connectivity index (χ0) is 16.8. The first-order valence-electron chi connectivity index (χ1n) is 8.60. The van der Waals surface area contributed by atoms with Gasteiger partial charge in [-0.2, -0.15) is 0 Å². The molecule has 0 saturated heterocycles. The summed E-state index contributed by atoms with van der Waals surface area (Å²) in [4.78, 5) is 12.2. The van der Waals surface area contributed by atoms with E-state index in [0.29, 0.717) is 6.04 Å². The molecule has 1 fully saturated rings. The molecule has 2 aromatic carbocycles. The van der Waals surface area contributed by atoms with Crippen molar-refractivity contribution in [3.8, 4) is 11.5 Å². The molecule has 4 nitrogen and oxygen atoms in total. The van der Waals surface area contributed by atoms with Crippen molar-refractivity contribution in [2.24, 2.45) is 0 Å². The van der Waals surface area contributed by atoms with Crippen molar-refractivity contribution < 1.29 is 9.53 Å². The van der Waals surface area contributed by atoms with Gasteiger partial charge in [0, 0.05) is 11.7 Å². The van der Waals surface area contributed by atoms with Gasteiger partial charge in [0.15, 0.2) is 0 Å². The molecule has 1 amide bonds. The van der Waals surface area contributed by atoms with Gasteiger partial charge in [-0.05, 0) is 56.2 Å². The van der Waals surface area contributed by atoms with Crippen LogP contribution in [-0.2, 0) is 4.79 Å². The van der Waals surface area contributed by atoms with Crippen LogP contribution in [0.5, 0.6) is 11.5 Å². The summed E-state index contributed by atoms with van der Waals surface area (Å²) in [6.45, 7) is 1.89. The van der Waals surface area contributed by atoms with Gasteiger partial charge in [0.05, 0.1) is 0 Å². The highest BCUT2D eigenvalue weighted by atomic mass is 16.5. The van der Waals surface area contributed by atoms with Crippen LogP contribution in [-0.4, -0.2) is 18.0 Å². The van der Waals surface area contributed by atoms with Crippen LogP contribution in [0.2, 0.25) is 0 Å². The van der Waals surface area contributed by atoms with E-state index in [4.69, 9.17) is 4.74 Å². The largest absolute Gasteiger partial charge is 0.457 e. The topological polar surface area (TPSA) is 50.4 Å². The van der Waals surface area contributed by atoms with E-state index in [0.717, 1.165) is 30.0 Å². The molecule has 126 valence electrons. The monoisotopic (exact) mass is 324 g/mol. The number of para-hydroxylation sites is 1. The lowest BCUT2D eigenvalue weighted by Crippen LogP contribution is -2.42. The molecule has 4 heteroatoms. The summed E-state index contributed by atoms with van der Waals surface area (Å²) in [7, 11) is 0. The SMILES string of the molecule is C[C@@H](Nc1ccc(Oc2ccccc2)cc1)C(=O)NC1CCCC1. The van der Waals surface area contributed by atoms with Crippen LogP contribution in [0.3, 0.4) is 0 Å². The molecule has 1 saturated carbocycles. The summed E-state index contributed by atoms with van der Waals surface area (Å²) < 4.78 is 5.77. The fourth-order valence-electron chi connectivity index (χ4n) is 2.96. The molecular weight excluding hydrogens is 300 g/mol. The molecule has 0 radical (unpaired) electrons. The zero-order valence-corrected chi connectivity index (χ0v) is 14.0. The number of nitrogens with one attached hydrogen (secondary N) is 2. The van der Waals surface area contributed by atoms with E-state index in [9.17, 15) is 4.79 Å². The second-order valence-electron chi connectivity index (χ2n) is 6.30. The lowest BCUT2D eigenvalue weighted by molar-refractivity contribution is -0.122. The highest BCUT2D eigenvalue weighted by Gasteiger charge is 2.20. The quantitative estimate of drug-likeness (QED) is 0.831. The molecule has 0 aromatic heterocycles. The lowest BCUT2D eigenvalue weighted by Gasteiger charge is -2.18. The van der Waals surface area contributed by atoms with E-state index >= 15 is 0 Å². The molecule has 1 atom stereocenters. The Bertz CT molecular complexity index is 649. The fourth-order valence-corrected chi connectivity index (χ4v) is 2.96. The number of ether oxygens (including phenoxy) is 1. The molecule has 1 aliphatic carbocycles. The predicted molar refractivity (Wildman–Crippen MR) is 96.4 cm³/mol. The Balaban J connectivity index is 1.52. The van der Waals surface area contributed by atoms with E-state index in [1.165, 1.54) is 12.8 Å². The lowest BCUT2D eigenvalue weighted by atomic mass is 10.2. The van der Waals surface area contributed by atoms with Gasteiger partial charge in [0.25, 0.3) is 0 Å². The average Bonchev–Trinajstić information content (AvgIpc) is 3.10. The van der Waals surface area contributed by atoms with E-state index in [1.54, 1.807) is 0 Å². The van der Waals surface area contributed by atoms with Gasteiger partial charge in [0.1, 0.15) is 17.5 Å². The zero-order valence-electron chi connectivity index (χ0n) is 14.0. The number of amides is 1. The van der Waals surface area contributed by atoms with Crippen LogP contribution >= 0.6 is 0 Å². The Morgan fingerprint density at radius 2 is 1.62 bits per heavy atom. The molecule has 0 aliphatic heterocycles. The predicted octanol–water partition coefficient (Wildman–Crippen LogP) is 4.34. The number of rotatable bonds is 6. The Labute approximate surface area is 143 Å². The average molecular weight is 324 g/mol. The molecule has 0 spiro atoms. The second kappa shape index (κ2) is 7.86. The first-order valence-corrected chi connectivity index (χ1v) is 8.60. The van der Waals surface area contributed by atoms with Crippen molar-refractivity contribution in [3.05, 3.63) is 54.6 Å². The number of carbonyl (C=O) groups is 1. The maximum atomic E-state index is 12.2. The number of hydrogen-bond donors (Lipinski definition) is 2. The van der Waals surface area contributed by atoms with Gasteiger partial charge in [-0.15, -0.1) is 0 Å². The van der Waals surface area contributed by atoms with Gasteiger partial charge in [-0.3, -0.25) is 4.79 Å². The second-order valence-corrected chi connectivity index (χ2v) is 6.30. The smallest absolute Gasteiger partial charge is 0.242 e. The van der Waals surface area contributed by atoms with Crippen molar-refractivity contribution in [3.63, 3.8) is 0 Å². The summed E-state index contributed by atoms with van der Waals surface area (Å²) in [6, 6.07) is 17.4. The highest BCUT2D eigenvalue weighted by molar-refractivity contribution is 5.84. The highest BCUT2D eigenvalue weighted by Crippen LogP contribution is 2.23. The number of benzene rings is 2. The Kier molecular flexibility index (Phi) is 5.36. The summed E-state index contributed by atoms with van der Waals surface area (Å²) in [5.41, 5.74) is 0.907. The number of anilines is 1. The summed E-state index contributed by atoms with van der Waals surface area (Å²) in [5, 5.41) is 6.36. The van der Waals surface area contributed by atoms with Gasteiger partial charge in [-0.25, -0.2) is 0 Å². The van der Waals surface area contributed by atoms with Crippen molar-refractivity contribution in [2.75, 3.05) is 5.32 Å². The van der Waals surface area contributed by atoms with E-state index in [1.807, 2.05) is 61.5 Å². The normalized spacial score (nSPS) is 15.7. The number of hydrogen-bond acceptors (Lipinski definition) is 3. The van der Waals surface area contributed by atoms with Crippen LogP contribution < -0.4 is 15.4 Å². The third-order valence-corrected chi connectivity index (χ3v) is 4.31. The van der Waals surface area contributed by atoms with Crippen molar-refractivity contribution in [1.29, 1.82) is 0 Å². The minimum atomic E-state index is -0.258. The molecule has 2 N–H and O–H groups in total. The molecule has 24 heavy (non-hydrogen) atoms. The van der Waals surface area contributed by atoms with Crippen molar-refractivity contribution >= 4 is 11.6 Å². The van der Waals surface area contributed by atoms with Gasteiger partial charge in [-0.1, -0.05) is 31.0 Å². The van der Waals surface area contributed by atoms with Crippen LogP contribution in [0.15, 0.2) is 54.6 Å². The minimum absolute atomic E-state index is 0.0616. The first-order chi connectivity index (χ1) is 11.7. The van der Waals surface area contributed by atoms with E-state index in [2.05, 4.69) is 10.6 Å². The maximum Gasteiger partial charge on any atom is 0.242 e. The summed E-state index contributed by atoms with van der Waals surface area (Å²) in [5.74, 6) is 1.64. The minimum Gasteiger partial charge on any atom is -0.457 e. The van der Waals surface area contributed by atoms with E-state index < -0.39 is 0 Å². The molecule has 0 heterocycles. The molecule has 0 unspecified atom stereocenters. The first kappa shape index (κ1) is 16.4. The van der Waals surface area contributed by atoms with Crippen LogP contribution in [0.1, 0.15) is 32.6 Å². The Morgan fingerprint density at radius 3 is 2.29 bits per heavy atom. The van der Waals surface area contributed by atoms with Crippen LogP contribution in [0, 0.1) is 0 Å². The molecular formula is C20H24N2O2. The fraction of sp³-hybridized carbons (Fsp3) is 0.350. The van der Waals surface area contributed by atoms with Crippen LogP contribution in [0.25, 0.3) is 0 Å².